The molecule has 0 saturated heterocycles. The van der Waals surface area contributed by atoms with Crippen LogP contribution in [0.15, 0.2) is 47.5 Å². The number of carboxylic acid groups (broad SMARTS) is 1. The number of ether oxygens (including phenoxy) is 1. The normalized spacial score (nSPS) is 10.8. The number of hydrogen-bond acceptors (Lipinski definition) is 4. The lowest BCUT2D eigenvalue weighted by atomic mass is 10.1. The first-order valence-corrected chi connectivity index (χ1v) is 6.53. The first-order valence-electron chi connectivity index (χ1n) is 6.53. The molecule has 0 saturated carbocycles. The maximum atomic E-state index is 12.2. The molecule has 0 amide bonds. The average Bonchev–Trinajstić information content (AvgIpc) is 2.95. The van der Waals surface area contributed by atoms with Crippen molar-refractivity contribution in [3.63, 3.8) is 0 Å². The van der Waals surface area contributed by atoms with Gasteiger partial charge in [0.05, 0.1) is 12.8 Å². The van der Waals surface area contributed by atoms with Gasteiger partial charge in [-0.15, -0.1) is 0 Å². The highest BCUT2D eigenvalue weighted by atomic mass is 16.5. The second-order valence-corrected chi connectivity index (χ2v) is 4.71. The molecule has 0 fully saturated rings. The fraction of sp³-hybridized carbons (Fsp3) is 0.133. The van der Waals surface area contributed by atoms with E-state index in [1.807, 2.05) is 24.3 Å². The number of aromatic nitrogens is 3. The average molecular weight is 299 g/mol. The zero-order valence-electron chi connectivity index (χ0n) is 11.8. The van der Waals surface area contributed by atoms with Crippen molar-refractivity contribution in [1.82, 2.24) is 14.2 Å². The molecule has 0 aliphatic heterocycles. The standard InChI is InChI=1S/C15H13N3O4/c1-22-11-4-2-10(3-5-11)12-8-13-15(21)17(9-14(19)20)6-7-18(13)16-12/h2-8H,9H2,1H3,(H,19,20). The largest absolute Gasteiger partial charge is 0.497 e. The van der Waals surface area contributed by atoms with Gasteiger partial charge in [0.15, 0.2) is 0 Å². The van der Waals surface area contributed by atoms with Crippen LogP contribution in [-0.4, -0.2) is 32.4 Å². The van der Waals surface area contributed by atoms with Crippen LogP contribution >= 0.6 is 0 Å². The maximum Gasteiger partial charge on any atom is 0.323 e. The van der Waals surface area contributed by atoms with E-state index in [0.717, 1.165) is 15.9 Å². The van der Waals surface area contributed by atoms with Crippen LogP contribution in [0, 0.1) is 0 Å². The van der Waals surface area contributed by atoms with E-state index in [2.05, 4.69) is 5.10 Å². The van der Waals surface area contributed by atoms with Gasteiger partial charge in [0.1, 0.15) is 17.8 Å². The summed E-state index contributed by atoms with van der Waals surface area (Å²) in [6.45, 7) is -0.377. The summed E-state index contributed by atoms with van der Waals surface area (Å²) in [5.41, 5.74) is 1.41. The lowest BCUT2D eigenvalue weighted by molar-refractivity contribution is -0.137. The lowest BCUT2D eigenvalue weighted by Gasteiger charge is -2.01. The molecule has 0 bridgehead atoms. The van der Waals surface area contributed by atoms with Crippen LogP contribution in [-0.2, 0) is 11.3 Å². The Hall–Kier alpha value is -3.09. The van der Waals surface area contributed by atoms with Crippen LogP contribution in [0.2, 0.25) is 0 Å². The number of methoxy groups -OCH3 is 1. The first-order chi connectivity index (χ1) is 10.6. The predicted octanol–water partition coefficient (Wildman–Crippen LogP) is 1.26. The van der Waals surface area contributed by atoms with Gasteiger partial charge in [-0.05, 0) is 30.3 Å². The molecule has 2 aromatic heterocycles. The van der Waals surface area contributed by atoms with E-state index in [4.69, 9.17) is 9.84 Å². The summed E-state index contributed by atoms with van der Waals surface area (Å²) in [5.74, 6) is -0.335. The molecule has 112 valence electrons. The molecule has 0 unspecified atom stereocenters. The quantitative estimate of drug-likeness (QED) is 0.783. The Labute approximate surface area is 125 Å². The van der Waals surface area contributed by atoms with E-state index >= 15 is 0 Å². The Morgan fingerprint density at radius 1 is 1.27 bits per heavy atom. The van der Waals surface area contributed by atoms with Gasteiger partial charge in [-0.1, -0.05) is 0 Å². The summed E-state index contributed by atoms with van der Waals surface area (Å²) in [6.07, 6.45) is 2.97. The molecule has 22 heavy (non-hydrogen) atoms. The van der Waals surface area contributed by atoms with Crippen molar-refractivity contribution >= 4 is 11.5 Å². The van der Waals surface area contributed by atoms with Gasteiger partial charge in [-0.3, -0.25) is 9.59 Å². The van der Waals surface area contributed by atoms with Gasteiger partial charge < -0.3 is 14.4 Å². The predicted molar refractivity (Wildman–Crippen MR) is 79.1 cm³/mol. The number of nitrogens with zero attached hydrogens (tertiary/aromatic N) is 3. The van der Waals surface area contributed by atoms with Crippen molar-refractivity contribution < 1.29 is 14.6 Å². The van der Waals surface area contributed by atoms with E-state index in [1.165, 1.54) is 10.7 Å². The van der Waals surface area contributed by atoms with Crippen LogP contribution in [0.3, 0.4) is 0 Å². The molecule has 1 N–H and O–H groups in total. The molecular formula is C15H13N3O4. The number of carboxylic acids is 1. The van der Waals surface area contributed by atoms with Crippen LogP contribution in [0.4, 0.5) is 0 Å². The van der Waals surface area contributed by atoms with Crippen molar-refractivity contribution in [2.45, 2.75) is 6.54 Å². The van der Waals surface area contributed by atoms with E-state index in [1.54, 1.807) is 19.4 Å². The van der Waals surface area contributed by atoms with Gasteiger partial charge in [0.2, 0.25) is 0 Å². The molecule has 7 heteroatoms. The molecule has 3 aromatic rings. The molecule has 3 rings (SSSR count). The van der Waals surface area contributed by atoms with Gasteiger partial charge >= 0.3 is 5.97 Å². The summed E-state index contributed by atoms with van der Waals surface area (Å²) >= 11 is 0. The Balaban J connectivity index is 2.07. The summed E-state index contributed by atoms with van der Waals surface area (Å²) in [4.78, 5) is 23.0. The minimum absolute atomic E-state index is 0.328. The van der Waals surface area contributed by atoms with Crippen LogP contribution in [0.25, 0.3) is 16.8 Å². The van der Waals surface area contributed by atoms with Crippen molar-refractivity contribution in [3.05, 3.63) is 53.1 Å². The highest BCUT2D eigenvalue weighted by molar-refractivity contribution is 5.68. The van der Waals surface area contributed by atoms with E-state index < -0.39 is 11.5 Å². The Bertz CT molecular complexity index is 893. The molecular weight excluding hydrogens is 286 g/mol. The molecule has 1 aromatic carbocycles. The molecule has 7 nitrogen and oxygen atoms in total. The summed E-state index contributed by atoms with van der Waals surface area (Å²) in [6, 6.07) is 8.94. The topological polar surface area (TPSA) is 85.8 Å². The second kappa shape index (κ2) is 5.36. The van der Waals surface area contributed by atoms with Crippen molar-refractivity contribution in [1.29, 1.82) is 0 Å². The van der Waals surface area contributed by atoms with E-state index in [9.17, 15) is 9.59 Å². The molecule has 0 aliphatic carbocycles. The van der Waals surface area contributed by atoms with Crippen LogP contribution < -0.4 is 10.3 Å². The summed E-state index contributed by atoms with van der Waals surface area (Å²) in [7, 11) is 1.59. The Morgan fingerprint density at radius 3 is 2.64 bits per heavy atom. The van der Waals surface area contributed by atoms with E-state index in [0.29, 0.717) is 11.2 Å². The third kappa shape index (κ3) is 2.44. The summed E-state index contributed by atoms with van der Waals surface area (Å²) in [5, 5.41) is 13.1. The van der Waals surface area contributed by atoms with Gasteiger partial charge in [0, 0.05) is 18.0 Å². The zero-order chi connectivity index (χ0) is 15.7. The maximum absolute atomic E-state index is 12.2. The number of hydrogen-bond donors (Lipinski definition) is 1. The number of aliphatic carboxylic acids is 1. The minimum atomic E-state index is -1.07. The monoisotopic (exact) mass is 299 g/mol. The Morgan fingerprint density at radius 2 is 2.00 bits per heavy atom. The summed E-state index contributed by atoms with van der Waals surface area (Å²) < 4.78 is 7.68. The van der Waals surface area contributed by atoms with Crippen LogP contribution in [0.1, 0.15) is 0 Å². The van der Waals surface area contributed by atoms with Crippen molar-refractivity contribution in [2.24, 2.45) is 0 Å². The lowest BCUT2D eigenvalue weighted by Crippen LogP contribution is -2.24. The zero-order valence-corrected chi connectivity index (χ0v) is 11.8. The number of carbonyl (C=O) groups is 1. The van der Waals surface area contributed by atoms with Gasteiger partial charge in [-0.25, -0.2) is 4.52 Å². The third-order valence-electron chi connectivity index (χ3n) is 3.29. The molecule has 2 heterocycles. The third-order valence-corrected chi connectivity index (χ3v) is 3.29. The number of benzene rings is 1. The second-order valence-electron chi connectivity index (χ2n) is 4.71. The fourth-order valence-electron chi connectivity index (χ4n) is 2.20. The van der Waals surface area contributed by atoms with Gasteiger partial charge in [-0.2, -0.15) is 5.10 Å². The highest BCUT2D eigenvalue weighted by Gasteiger charge is 2.10. The molecule has 0 radical (unpaired) electrons. The van der Waals surface area contributed by atoms with Crippen molar-refractivity contribution in [3.8, 4) is 17.0 Å². The number of rotatable bonds is 4. The van der Waals surface area contributed by atoms with Crippen LogP contribution in [0.5, 0.6) is 5.75 Å². The smallest absolute Gasteiger partial charge is 0.323 e. The van der Waals surface area contributed by atoms with Crippen molar-refractivity contribution in [2.75, 3.05) is 7.11 Å². The Kier molecular flexibility index (Phi) is 3.38. The molecule has 0 spiro atoms. The minimum Gasteiger partial charge on any atom is -0.497 e. The molecule has 0 aliphatic rings. The molecule has 0 atom stereocenters. The number of fused-ring (bicyclic) bond motifs is 1. The van der Waals surface area contributed by atoms with E-state index in [-0.39, 0.29) is 6.54 Å². The fourth-order valence-corrected chi connectivity index (χ4v) is 2.20. The van der Waals surface area contributed by atoms with Gasteiger partial charge in [0.25, 0.3) is 5.56 Å². The highest BCUT2D eigenvalue weighted by Crippen LogP contribution is 2.21. The first kappa shape index (κ1) is 13.9. The SMILES string of the molecule is COc1ccc(-c2cc3c(=O)n(CC(=O)O)ccn3n2)cc1.